The molecule has 0 bridgehead atoms. The molecule has 0 aliphatic rings. The molecule has 0 aromatic heterocycles. The van der Waals surface area contributed by atoms with Crippen molar-refractivity contribution in [2.24, 2.45) is 0 Å². The monoisotopic (exact) mass is 403 g/mol. The number of nitrogens with two attached hydrogens (primary N) is 1. The van der Waals surface area contributed by atoms with Crippen LogP contribution in [0.5, 0.6) is 0 Å². The van der Waals surface area contributed by atoms with Gasteiger partial charge >= 0.3 is 0 Å². The summed E-state index contributed by atoms with van der Waals surface area (Å²) in [4.78, 5) is 0.248. The minimum Gasteiger partial charge on any atom is -0.399 e. The number of sulfone groups is 1. The maximum atomic E-state index is 12.4. The normalized spacial score (nSPS) is 11.5. The van der Waals surface area contributed by atoms with E-state index in [1.807, 2.05) is 18.2 Å². The van der Waals surface area contributed by atoms with Crippen LogP contribution in [0.25, 0.3) is 0 Å². The number of anilines is 1. The van der Waals surface area contributed by atoms with Gasteiger partial charge in [0, 0.05) is 14.6 Å². The first-order chi connectivity index (χ1) is 8.90. The number of benzene rings is 2. The highest BCUT2D eigenvalue weighted by atomic mass is 79.9. The molecule has 2 aromatic carbocycles. The Kier molecular flexibility index (Phi) is 4.32. The SMILES string of the molecule is Nc1ccc(S(=O)(=O)Cc2ccccc2Br)c(Br)c1. The van der Waals surface area contributed by atoms with E-state index in [9.17, 15) is 8.42 Å². The molecule has 2 N–H and O–H groups in total. The van der Waals surface area contributed by atoms with E-state index in [2.05, 4.69) is 31.9 Å². The number of halogens is 2. The smallest absolute Gasteiger partial charge is 0.183 e. The first-order valence-corrected chi connectivity index (χ1v) is 8.65. The molecule has 0 radical (unpaired) electrons. The molecule has 0 spiro atoms. The quantitative estimate of drug-likeness (QED) is 0.792. The van der Waals surface area contributed by atoms with Crippen LogP contribution in [0.2, 0.25) is 0 Å². The molecule has 3 nitrogen and oxygen atoms in total. The molecular formula is C13H11Br2NO2S. The maximum absolute atomic E-state index is 12.4. The predicted octanol–water partition coefficient (Wildman–Crippen LogP) is 3.77. The second-order valence-corrected chi connectivity index (χ2v) is 7.71. The minimum absolute atomic E-state index is 0.0586. The molecule has 0 aliphatic heterocycles. The van der Waals surface area contributed by atoms with E-state index in [1.54, 1.807) is 18.2 Å². The fourth-order valence-electron chi connectivity index (χ4n) is 1.67. The molecule has 0 heterocycles. The minimum atomic E-state index is -3.42. The van der Waals surface area contributed by atoms with Gasteiger partial charge in [0.25, 0.3) is 0 Å². The second-order valence-electron chi connectivity index (χ2n) is 4.04. The molecule has 6 heteroatoms. The van der Waals surface area contributed by atoms with Gasteiger partial charge in [0.15, 0.2) is 9.84 Å². The molecule has 0 unspecified atom stereocenters. The van der Waals surface area contributed by atoms with Crippen molar-refractivity contribution in [3.8, 4) is 0 Å². The van der Waals surface area contributed by atoms with Crippen LogP contribution in [0.4, 0.5) is 5.69 Å². The van der Waals surface area contributed by atoms with E-state index < -0.39 is 9.84 Å². The summed E-state index contributed by atoms with van der Waals surface area (Å²) in [6, 6.07) is 12.0. The Bertz CT molecular complexity index is 714. The standard InChI is InChI=1S/C13H11Br2NO2S/c14-11-4-2-1-3-9(11)8-19(17,18)13-6-5-10(16)7-12(13)15/h1-7H,8,16H2. The van der Waals surface area contributed by atoms with Gasteiger partial charge in [-0.15, -0.1) is 0 Å². The van der Waals surface area contributed by atoms with Crippen LogP contribution in [-0.4, -0.2) is 8.42 Å². The second kappa shape index (κ2) is 5.64. The summed E-state index contributed by atoms with van der Waals surface area (Å²) in [5.41, 5.74) is 6.86. The molecule has 0 fully saturated rings. The van der Waals surface area contributed by atoms with Crippen LogP contribution in [0.1, 0.15) is 5.56 Å². The van der Waals surface area contributed by atoms with Crippen LogP contribution >= 0.6 is 31.9 Å². The molecule has 2 aromatic rings. The van der Waals surface area contributed by atoms with Gasteiger partial charge < -0.3 is 5.73 Å². The number of rotatable bonds is 3. The fraction of sp³-hybridized carbons (Fsp3) is 0.0769. The average Bonchev–Trinajstić information content (AvgIpc) is 2.31. The van der Waals surface area contributed by atoms with Crippen molar-refractivity contribution in [2.75, 3.05) is 5.73 Å². The molecule has 0 atom stereocenters. The average molecular weight is 405 g/mol. The molecule has 2 rings (SSSR count). The van der Waals surface area contributed by atoms with Crippen molar-refractivity contribution in [3.05, 3.63) is 57.0 Å². The highest BCUT2D eigenvalue weighted by Crippen LogP contribution is 2.28. The highest BCUT2D eigenvalue weighted by Gasteiger charge is 2.19. The molecule has 0 amide bonds. The van der Waals surface area contributed by atoms with Crippen LogP contribution in [-0.2, 0) is 15.6 Å². The van der Waals surface area contributed by atoms with Gasteiger partial charge in [-0.25, -0.2) is 8.42 Å². The lowest BCUT2D eigenvalue weighted by Gasteiger charge is -2.08. The summed E-state index contributed by atoms with van der Waals surface area (Å²) >= 11 is 6.60. The number of hydrogen-bond acceptors (Lipinski definition) is 3. The van der Waals surface area contributed by atoms with Crippen LogP contribution < -0.4 is 5.73 Å². The third-order valence-corrected chi connectivity index (χ3v) is 6.00. The first kappa shape index (κ1) is 14.6. The largest absolute Gasteiger partial charge is 0.399 e. The van der Waals surface area contributed by atoms with Crippen LogP contribution in [0, 0.1) is 0 Å². The van der Waals surface area contributed by atoms with E-state index in [0.717, 1.165) is 10.0 Å². The van der Waals surface area contributed by atoms with Crippen LogP contribution in [0.3, 0.4) is 0 Å². The Morgan fingerprint density at radius 3 is 2.32 bits per heavy atom. The zero-order valence-corrected chi connectivity index (χ0v) is 13.8. The number of hydrogen-bond donors (Lipinski definition) is 1. The Hall–Kier alpha value is -0.850. The van der Waals surface area contributed by atoms with E-state index in [0.29, 0.717) is 10.2 Å². The van der Waals surface area contributed by atoms with Gasteiger partial charge in [-0.2, -0.15) is 0 Å². The van der Waals surface area contributed by atoms with Gasteiger partial charge in [0.05, 0.1) is 10.6 Å². The molecule has 0 saturated heterocycles. The van der Waals surface area contributed by atoms with Crippen molar-refractivity contribution < 1.29 is 8.42 Å². The van der Waals surface area contributed by atoms with Gasteiger partial charge in [-0.3, -0.25) is 0 Å². The van der Waals surface area contributed by atoms with Crippen molar-refractivity contribution in [3.63, 3.8) is 0 Å². The van der Waals surface area contributed by atoms with Gasteiger partial charge in [-0.1, -0.05) is 34.1 Å². The first-order valence-electron chi connectivity index (χ1n) is 5.41. The van der Waals surface area contributed by atoms with Crippen molar-refractivity contribution in [1.29, 1.82) is 0 Å². The van der Waals surface area contributed by atoms with Crippen LogP contribution in [0.15, 0.2) is 56.3 Å². The Morgan fingerprint density at radius 2 is 1.68 bits per heavy atom. The summed E-state index contributed by atoms with van der Waals surface area (Å²) in [5.74, 6) is -0.0586. The summed E-state index contributed by atoms with van der Waals surface area (Å²) in [5, 5.41) is 0. The van der Waals surface area contributed by atoms with E-state index in [4.69, 9.17) is 5.73 Å². The fourth-order valence-corrected chi connectivity index (χ4v) is 4.86. The lowest BCUT2D eigenvalue weighted by atomic mass is 10.2. The zero-order chi connectivity index (χ0) is 14.0. The molecular weight excluding hydrogens is 394 g/mol. The maximum Gasteiger partial charge on any atom is 0.183 e. The van der Waals surface area contributed by atoms with Gasteiger partial charge in [-0.05, 0) is 45.8 Å². The van der Waals surface area contributed by atoms with Crippen molar-refractivity contribution >= 4 is 47.4 Å². The topological polar surface area (TPSA) is 60.2 Å². The molecule has 100 valence electrons. The summed E-state index contributed by atoms with van der Waals surface area (Å²) < 4.78 is 26.1. The molecule has 19 heavy (non-hydrogen) atoms. The summed E-state index contributed by atoms with van der Waals surface area (Å²) in [7, 11) is -3.42. The van der Waals surface area contributed by atoms with E-state index in [1.165, 1.54) is 6.07 Å². The zero-order valence-electron chi connectivity index (χ0n) is 9.81. The third kappa shape index (κ3) is 3.38. The van der Waals surface area contributed by atoms with Crippen molar-refractivity contribution in [2.45, 2.75) is 10.6 Å². The molecule has 0 saturated carbocycles. The number of nitrogen functional groups attached to an aromatic ring is 1. The molecule has 0 aliphatic carbocycles. The summed E-state index contributed by atoms with van der Waals surface area (Å²) in [6.45, 7) is 0. The summed E-state index contributed by atoms with van der Waals surface area (Å²) in [6.07, 6.45) is 0. The Labute approximate surface area is 129 Å². The van der Waals surface area contributed by atoms with Gasteiger partial charge in [0.1, 0.15) is 0 Å². The Morgan fingerprint density at radius 1 is 1.00 bits per heavy atom. The lowest BCUT2D eigenvalue weighted by Crippen LogP contribution is -2.06. The van der Waals surface area contributed by atoms with E-state index in [-0.39, 0.29) is 10.6 Å². The Balaban J connectivity index is 2.41. The third-order valence-electron chi connectivity index (χ3n) is 2.59. The highest BCUT2D eigenvalue weighted by molar-refractivity contribution is 9.10. The predicted molar refractivity (Wildman–Crippen MR) is 83.6 cm³/mol. The van der Waals surface area contributed by atoms with Crippen molar-refractivity contribution in [1.82, 2.24) is 0 Å². The lowest BCUT2D eigenvalue weighted by molar-refractivity contribution is 0.595. The van der Waals surface area contributed by atoms with E-state index >= 15 is 0 Å². The van der Waals surface area contributed by atoms with Gasteiger partial charge in [0.2, 0.25) is 0 Å².